The number of sulfone groups is 1. The smallest absolute Gasteiger partial charge is 0.254 e. The molecule has 0 aromatic heterocycles. The summed E-state index contributed by atoms with van der Waals surface area (Å²) in [6.07, 6.45) is 1.24. The predicted molar refractivity (Wildman–Crippen MR) is 89.5 cm³/mol. The largest absolute Gasteiger partial charge is 0.486 e. The molecule has 2 aliphatic heterocycles. The highest BCUT2D eigenvalue weighted by Gasteiger charge is 2.24. The van der Waals surface area contributed by atoms with E-state index in [9.17, 15) is 13.2 Å². The Morgan fingerprint density at radius 2 is 1.75 bits per heavy atom. The summed E-state index contributed by atoms with van der Waals surface area (Å²) in [4.78, 5) is 16.5. The summed E-state index contributed by atoms with van der Waals surface area (Å²) < 4.78 is 33.5. The first-order valence-corrected chi connectivity index (χ1v) is 10.1. The fourth-order valence-electron chi connectivity index (χ4n) is 2.83. The molecule has 1 amide bonds. The van der Waals surface area contributed by atoms with Gasteiger partial charge in [0, 0.05) is 44.5 Å². The van der Waals surface area contributed by atoms with Crippen molar-refractivity contribution >= 4 is 15.7 Å². The van der Waals surface area contributed by atoms with Crippen LogP contribution in [0.25, 0.3) is 0 Å². The molecule has 2 heterocycles. The molecular formula is C16H22N2O5S. The number of hydrogen-bond donors (Lipinski definition) is 0. The molecule has 1 aromatic rings. The van der Waals surface area contributed by atoms with Crippen molar-refractivity contribution in [1.29, 1.82) is 0 Å². The highest BCUT2D eigenvalue weighted by Crippen LogP contribution is 2.31. The van der Waals surface area contributed by atoms with E-state index in [-0.39, 0.29) is 11.7 Å². The molecule has 24 heavy (non-hydrogen) atoms. The average molecular weight is 354 g/mol. The van der Waals surface area contributed by atoms with Crippen molar-refractivity contribution in [2.24, 2.45) is 0 Å². The van der Waals surface area contributed by atoms with Crippen LogP contribution in [0, 0.1) is 0 Å². The van der Waals surface area contributed by atoms with Crippen LogP contribution in [0.2, 0.25) is 0 Å². The molecule has 2 aliphatic rings. The Labute approximate surface area is 142 Å². The van der Waals surface area contributed by atoms with Gasteiger partial charge < -0.3 is 14.4 Å². The summed E-state index contributed by atoms with van der Waals surface area (Å²) >= 11 is 0. The summed E-state index contributed by atoms with van der Waals surface area (Å²) in [5, 5.41) is 0. The number of amides is 1. The molecule has 1 fully saturated rings. The Morgan fingerprint density at radius 3 is 2.42 bits per heavy atom. The van der Waals surface area contributed by atoms with Gasteiger partial charge in [0.25, 0.3) is 5.91 Å². The number of ether oxygens (including phenoxy) is 2. The standard InChI is InChI=1S/C16H22N2O5S/c1-24(20,21)11-8-17-4-6-18(7-5-17)16(19)13-2-3-14-15(12-13)23-10-9-22-14/h2-3,12H,4-11H2,1H3. The third-order valence-corrected chi connectivity index (χ3v) is 5.15. The van der Waals surface area contributed by atoms with Crippen molar-refractivity contribution in [2.75, 3.05) is 57.9 Å². The molecule has 0 radical (unpaired) electrons. The van der Waals surface area contributed by atoms with Gasteiger partial charge in [-0.1, -0.05) is 0 Å². The second-order valence-electron chi connectivity index (χ2n) is 6.12. The number of carbonyl (C=O) groups is 1. The quantitative estimate of drug-likeness (QED) is 0.772. The van der Waals surface area contributed by atoms with Gasteiger partial charge in [-0.3, -0.25) is 9.69 Å². The lowest BCUT2D eigenvalue weighted by atomic mass is 10.1. The topological polar surface area (TPSA) is 76.2 Å². The lowest BCUT2D eigenvalue weighted by Gasteiger charge is -2.34. The first-order chi connectivity index (χ1) is 11.4. The molecule has 7 nitrogen and oxygen atoms in total. The summed E-state index contributed by atoms with van der Waals surface area (Å²) in [7, 11) is -2.95. The minimum atomic E-state index is -2.95. The molecule has 3 rings (SSSR count). The Kier molecular flexibility index (Phi) is 4.96. The maximum atomic E-state index is 12.6. The maximum absolute atomic E-state index is 12.6. The molecule has 0 atom stereocenters. The first-order valence-electron chi connectivity index (χ1n) is 8.01. The van der Waals surface area contributed by atoms with E-state index in [0.29, 0.717) is 63.0 Å². The minimum absolute atomic E-state index is 0.0327. The molecule has 1 aromatic carbocycles. The van der Waals surface area contributed by atoms with E-state index < -0.39 is 9.84 Å². The second-order valence-corrected chi connectivity index (χ2v) is 8.38. The predicted octanol–water partition coefficient (Wildman–Crippen LogP) is 0.260. The zero-order chi connectivity index (χ0) is 17.2. The van der Waals surface area contributed by atoms with Crippen LogP contribution in [0.5, 0.6) is 11.5 Å². The van der Waals surface area contributed by atoms with Gasteiger partial charge in [-0.25, -0.2) is 8.42 Å². The van der Waals surface area contributed by atoms with Crippen LogP contribution in [0.1, 0.15) is 10.4 Å². The van der Waals surface area contributed by atoms with E-state index in [0.717, 1.165) is 0 Å². The molecule has 0 spiro atoms. The van der Waals surface area contributed by atoms with Crippen molar-refractivity contribution in [3.05, 3.63) is 23.8 Å². The van der Waals surface area contributed by atoms with Crippen molar-refractivity contribution in [3.8, 4) is 11.5 Å². The van der Waals surface area contributed by atoms with E-state index >= 15 is 0 Å². The zero-order valence-electron chi connectivity index (χ0n) is 13.7. The van der Waals surface area contributed by atoms with Crippen molar-refractivity contribution in [3.63, 3.8) is 0 Å². The van der Waals surface area contributed by atoms with Crippen molar-refractivity contribution in [1.82, 2.24) is 9.80 Å². The first kappa shape index (κ1) is 17.0. The van der Waals surface area contributed by atoms with Crippen molar-refractivity contribution in [2.45, 2.75) is 0 Å². The third-order valence-electron chi connectivity index (χ3n) is 4.23. The van der Waals surface area contributed by atoms with Crippen LogP contribution < -0.4 is 9.47 Å². The number of carbonyl (C=O) groups excluding carboxylic acids is 1. The fraction of sp³-hybridized carbons (Fsp3) is 0.562. The molecule has 132 valence electrons. The average Bonchev–Trinajstić information content (AvgIpc) is 2.59. The third kappa shape index (κ3) is 4.18. The molecule has 0 bridgehead atoms. The molecule has 0 saturated carbocycles. The number of benzene rings is 1. The molecule has 0 N–H and O–H groups in total. The van der Waals surface area contributed by atoms with Gasteiger partial charge >= 0.3 is 0 Å². The Hall–Kier alpha value is -1.80. The van der Waals surface area contributed by atoms with Gasteiger partial charge in [0.15, 0.2) is 11.5 Å². The summed E-state index contributed by atoms with van der Waals surface area (Å²) in [6, 6.07) is 5.25. The van der Waals surface area contributed by atoms with Gasteiger partial charge in [-0.05, 0) is 18.2 Å². The van der Waals surface area contributed by atoms with Crippen LogP contribution in [-0.4, -0.2) is 82.1 Å². The summed E-state index contributed by atoms with van der Waals surface area (Å²) in [6.45, 7) is 4.09. The zero-order valence-corrected chi connectivity index (χ0v) is 14.5. The monoisotopic (exact) mass is 354 g/mol. The Balaban J connectivity index is 1.57. The Bertz CT molecular complexity index is 711. The van der Waals surface area contributed by atoms with Gasteiger partial charge in [0.05, 0.1) is 5.75 Å². The minimum Gasteiger partial charge on any atom is -0.486 e. The van der Waals surface area contributed by atoms with E-state index in [1.165, 1.54) is 6.26 Å². The summed E-state index contributed by atoms with van der Waals surface area (Å²) in [5.41, 5.74) is 0.587. The highest BCUT2D eigenvalue weighted by molar-refractivity contribution is 7.90. The van der Waals surface area contributed by atoms with Gasteiger partial charge in [-0.2, -0.15) is 0 Å². The van der Waals surface area contributed by atoms with Gasteiger partial charge in [0.1, 0.15) is 23.1 Å². The molecule has 8 heteroatoms. The van der Waals surface area contributed by atoms with Crippen LogP contribution in [-0.2, 0) is 9.84 Å². The normalized spacial score (nSPS) is 18.5. The number of fused-ring (bicyclic) bond motifs is 1. The van der Waals surface area contributed by atoms with Crippen LogP contribution in [0.3, 0.4) is 0 Å². The van der Waals surface area contributed by atoms with Crippen molar-refractivity contribution < 1.29 is 22.7 Å². The lowest BCUT2D eigenvalue weighted by Crippen LogP contribution is -2.49. The summed E-state index contributed by atoms with van der Waals surface area (Å²) in [5.74, 6) is 1.40. The Morgan fingerprint density at radius 1 is 1.08 bits per heavy atom. The molecule has 1 saturated heterocycles. The van der Waals surface area contributed by atoms with Crippen LogP contribution in [0.4, 0.5) is 0 Å². The van der Waals surface area contributed by atoms with Gasteiger partial charge in [0.2, 0.25) is 0 Å². The number of piperazine rings is 1. The SMILES string of the molecule is CS(=O)(=O)CCN1CCN(C(=O)c2ccc3c(c2)OCCO3)CC1. The van der Waals surface area contributed by atoms with Gasteiger partial charge in [-0.15, -0.1) is 0 Å². The number of nitrogens with zero attached hydrogens (tertiary/aromatic N) is 2. The number of hydrogen-bond acceptors (Lipinski definition) is 6. The maximum Gasteiger partial charge on any atom is 0.254 e. The fourth-order valence-corrected chi connectivity index (χ4v) is 3.42. The molecule has 0 unspecified atom stereocenters. The number of rotatable bonds is 4. The highest BCUT2D eigenvalue weighted by atomic mass is 32.2. The van der Waals surface area contributed by atoms with Crippen LogP contribution in [0.15, 0.2) is 18.2 Å². The van der Waals surface area contributed by atoms with Crippen LogP contribution >= 0.6 is 0 Å². The van der Waals surface area contributed by atoms with E-state index in [1.807, 2.05) is 0 Å². The molecular weight excluding hydrogens is 332 g/mol. The van der Waals surface area contributed by atoms with E-state index in [4.69, 9.17) is 9.47 Å². The lowest BCUT2D eigenvalue weighted by molar-refractivity contribution is 0.0643. The van der Waals surface area contributed by atoms with E-state index in [1.54, 1.807) is 23.1 Å². The second kappa shape index (κ2) is 6.98. The van der Waals surface area contributed by atoms with E-state index in [2.05, 4.69) is 4.90 Å². The molecule has 0 aliphatic carbocycles.